The molecule has 1 fully saturated rings. The van der Waals surface area contributed by atoms with Gasteiger partial charge in [0.25, 0.3) is 0 Å². The summed E-state index contributed by atoms with van der Waals surface area (Å²) in [7, 11) is 0. The van der Waals surface area contributed by atoms with Gasteiger partial charge in [0.2, 0.25) is 11.6 Å². The van der Waals surface area contributed by atoms with Crippen molar-refractivity contribution in [2.75, 3.05) is 6.61 Å². The molecular weight excluding hydrogens is 401 g/mol. The zero-order valence-corrected chi connectivity index (χ0v) is 18.4. The summed E-state index contributed by atoms with van der Waals surface area (Å²) in [6.45, 7) is 4.17. The lowest BCUT2D eigenvalue weighted by atomic mass is 9.78. The van der Waals surface area contributed by atoms with Gasteiger partial charge >= 0.3 is 0 Å². The van der Waals surface area contributed by atoms with Gasteiger partial charge in [-0.25, -0.2) is 4.39 Å². The molecule has 1 saturated carbocycles. The first kappa shape index (κ1) is 22.0. The molecule has 1 aliphatic carbocycles. The van der Waals surface area contributed by atoms with E-state index in [-0.39, 0.29) is 30.3 Å². The van der Waals surface area contributed by atoms with Crippen molar-refractivity contribution in [3.63, 3.8) is 0 Å². The van der Waals surface area contributed by atoms with E-state index in [0.717, 1.165) is 12.3 Å². The van der Waals surface area contributed by atoms with Crippen LogP contribution in [0.5, 0.6) is 17.2 Å². The van der Waals surface area contributed by atoms with Gasteiger partial charge < -0.3 is 9.47 Å². The van der Waals surface area contributed by atoms with Gasteiger partial charge in [-0.05, 0) is 43.2 Å². The molecule has 2 aliphatic rings. The minimum Gasteiger partial charge on any atom is -0.491 e. The SMILES string of the molecule is CCCC1CCC(CCc2ccc3c(c2F)Oc2c(cc(OCC)c(F)c2F)C3)CC1. The van der Waals surface area contributed by atoms with Gasteiger partial charge in [-0.1, -0.05) is 57.6 Å². The van der Waals surface area contributed by atoms with Crippen molar-refractivity contribution in [3.05, 3.63) is 52.3 Å². The summed E-state index contributed by atoms with van der Waals surface area (Å²) in [5.41, 5.74) is 1.69. The Hall–Kier alpha value is -2.17. The number of rotatable bonds is 7. The molecule has 0 atom stereocenters. The highest BCUT2D eigenvalue weighted by molar-refractivity contribution is 5.54. The standard InChI is InChI=1S/C26H31F3O2/c1-3-5-16-6-8-17(9-7-16)10-11-18-12-13-19-14-20-15-21(30-4-2)23(28)24(29)26(20)31-25(19)22(18)27/h12-13,15-17H,3-11,14H2,1-2H3. The maximum Gasteiger partial charge on any atom is 0.205 e. The topological polar surface area (TPSA) is 18.5 Å². The summed E-state index contributed by atoms with van der Waals surface area (Å²) in [4.78, 5) is 0. The normalized spacial score (nSPS) is 20.0. The Bertz CT molecular complexity index is 933. The number of halogens is 3. The maximum absolute atomic E-state index is 15.2. The molecule has 1 heterocycles. The average Bonchev–Trinajstić information content (AvgIpc) is 2.77. The number of hydrogen-bond acceptors (Lipinski definition) is 2. The van der Waals surface area contributed by atoms with Crippen LogP contribution in [0.3, 0.4) is 0 Å². The monoisotopic (exact) mass is 432 g/mol. The first-order valence-corrected chi connectivity index (χ1v) is 11.6. The first-order valence-electron chi connectivity index (χ1n) is 11.6. The van der Waals surface area contributed by atoms with Crippen LogP contribution < -0.4 is 9.47 Å². The summed E-state index contributed by atoms with van der Waals surface area (Å²) < 4.78 is 54.8. The van der Waals surface area contributed by atoms with Crippen molar-refractivity contribution < 1.29 is 22.6 Å². The van der Waals surface area contributed by atoms with Crippen molar-refractivity contribution in [2.24, 2.45) is 11.8 Å². The van der Waals surface area contributed by atoms with Crippen LogP contribution in [0.1, 0.15) is 75.5 Å². The molecule has 2 nitrogen and oxygen atoms in total. The zero-order chi connectivity index (χ0) is 22.0. The third-order valence-electron chi connectivity index (χ3n) is 6.83. The third-order valence-corrected chi connectivity index (χ3v) is 6.83. The van der Waals surface area contributed by atoms with Crippen LogP contribution in [-0.4, -0.2) is 6.61 Å². The highest BCUT2D eigenvalue weighted by atomic mass is 19.2. The van der Waals surface area contributed by atoms with E-state index in [0.29, 0.717) is 29.0 Å². The first-order chi connectivity index (χ1) is 15.0. The van der Waals surface area contributed by atoms with Gasteiger partial charge in [0.05, 0.1) is 6.61 Å². The van der Waals surface area contributed by atoms with E-state index in [1.807, 2.05) is 12.1 Å². The molecule has 0 spiro atoms. The Morgan fingerprint density at radius 1 is 0.871 bits per heavy atom. The highest BCUT2D eigenvalue weighted by Gasteiger charge is 2.29. The number of hydrogen-bond donors (Lipinski definition) is 0. The molecule has 2 aromatic rings. The Morgan fingerprint density at radius 2 is 1.55 bits per heavy atom. The smallest absolute Gasteiger partial charge is 0.205 e. The van der Waals surface area contributed by atoms with Gasteiger partial charge in [0.1, 0.15) is 0 Å². The van der Waals surface area contributed by atoms with E-state index in [4.69, 9.17) is 9.47 Å². The van der Waals surface area contributed by atoms with Crippen LogP contribution in [0.4, 0.5) is 13.2 Å². The van der Waals surface area contributed by atoms with E-state index in [1.54, 1.807) is 6.92 Å². The molecule has 4 rings (SSSR count). The van der Waals surface area contributed by atoms with Crippen molar-refractivity contribution in [1.29, 1.82) is 0 Å². The predicted molar refractivity (Wildman–Crippen MR) is 115 cm³/mol. The van der Waals surface area contributed by atoms with Crippen molar-refractivity contribution in [1.82, 2.24) is 0 Å². The zero-order valence-electron chi connectivity index (χ0n) is 18.4. The average molecular weight is 433 g/mol. The second kappa shape index (κ2) is 9.54. The van der Waals surface area contributed by atoms with Crippen LogP contribution >= 0.6 is 0 Å². The molecule has 0 N–H and O–H groups in total. The highest BCUT2D eigenvalue weighted by Crippen LogP contribution is 2.44. The molecule has 2 aromatic carbocycles. The number of fused-ring (bicyclic) bond motifs is 2. The third kappa shape index (κ3) is 4.56. The lowest BCUT2D eigenvalue weighted by molar-refractivity contribution is 0.251. The van der Waals surface area contributed by atoms with Crippen molar-refractivity contribution >= 4 is 0 Å². The Morgan fingerprint density at radius 3 is 2.23 bits per heavy atom. The van der Waals surface area contributed by atoms with Crippen LogP contribution in [0.25, 0.3) is 0 Å². The minimum atomic E-state index is -1.12. The van der Waals surface area contributed by atoms with Crippen molar-refractivity contribution in [3.8, 4) is 17.2 Å². The molecule has 0 aromatic heterocycles. The largest absolute Gasteiger partial charge is 0.491 e. The lowest BCUT2D eigenvalue weighted by Crippen LogP contribution is -2.15. The molecule has 0 unspecified atom stereocenters. The van der Waals surface area contributed by atoms with Gasteiger partial charge in [-0.3, -0.25) is 0 Å². The van der Waals surface area contributed by atoms with Gasteiger partial charge in [-0.2, -0.15) is 8.78 Å². The second-order valence-corrected chi connectivity index (χ2v) is 8.94. The Labute approximate surface area is 182 Å². The second-order valence-electron chi connectivity index (χ2n) is 8.94. The minimum absolute atomic E-state index is 0.0270. The summed E-state index contributed by atoms with van der Waals surface area (Å²) in [6, 6.07) is 5.10. The van der Waals surface area contributed by atoms with E-state index >= 15 is 4.39 Å². The van der Waals surface area contributed by atoms with E-state index in [1.165, 1.54) is 44.6 Å². The molecular formula is C26H31F3O2. The Kier molecular flexibility index (Phi) is 6.78. The fourth-order valence-electron chi connectivity index (χ4n) is 5.10. The number of benzene rings is 2. The van der Waals surface area contributed by atoms with Crippen LogP contribution in [0.2, 0.25) is 0 Å². The summed E-state index contributed by atoms with van der Waals surface area (Å²) in [5, 5.41) is 0. The van der Waals surface area contributed by atoms with Gasteiger partial charge in [0, 0.05) is 17.5 Å². The molecule has 0 saturated heterocycles. The van der Waals surface area contributed by atoms with Crippen LogP contribution in [-0.2, 0) is 12.8 Å². The fourth-order valence-corrected chi connectivity index (χ4v) is 5.10. The molecule has 31 heavy (non-hydrogen) atoms. The molecule has 1 aliphatic heterocycles. The molecule has 0 amide bonds. The fraction of sp³-hybridized carbons (Fsp3) is 0.538. The van der Waals surface area contributed by atoms with Gasteiger partial charge in [0.15, 0.2) is 23.1 Å². The molecule has 0 bridgehead atoms. The predicted octanol–water partition coefficient (Wildman–Crippen LogP) is 7.74. The molecule has 5 heteroatoms. The van der Waals surface area contributed by atoms with E-state index in [2.05, 4.69) is 6.92 Å². The number of ether oxygens (including phenoxy) is 2. The van der Waals surface area contributed by atoms with Crippen LogP contribution in [0.15, 0.2) is 18.2 Å². The maximum atomic E-state index is 15.2. The quantitative estimate of drug-likeness (QED) is 0.380. The van der Waals surface area contributed by atoms with E-state index < -0.39 is 17.5 Å². The van der Waals surface area contributed by atoms with Crippen LogP contribution in [0, 0.1) is 29.3 Å². The van der Waals surface area contributed by atoms with Gasteiger partial charge in [-0.15, -0.1) is 0 Å². The summed E-state index contributed by atoms with van der Waals surface area (Å²) >= 11 is 0. The number of aryl methyl sites for hydroxylation is 1. The summed E-state index contributed by atoms with van der Waals surface area (Å²) in [6.07, 6.45) is 9.41. The molecule has 168 valence electrons. The van der Waals surface area contributed by atoms with Crippen molar-refractivity contribution in [2.45, 2.75) is 71.6 Å². The van der Waals surface area contributed by atoms with E-state index in [9.17, 15) is 8.78 Å². The molecule has 0 radical (unpaired) electrons. The summed E-state index contributed by atoms with van der Waals surface area (Å²) in [5.74, 6) is -1.53. The lowest BCUT2D eigenvalue weighted by Gasteiger charge is -2.28. The Balaban J connectivity index is 1.47.